The summed E-state index contributed by atoms with van der Waals surface area (Å²) in [5.74, 6) is 0. The molecule has 0 unspecified atom stereocenters. The molecule has 6 N–H and O–H groups in total. The molecule has 0 aromatic carbocycles. The highest BCUT2D eigenvalue weighted by atomic mass is 32.2. The van der Waals surface area contributed by atoms with Crippen LogP contribution in [-0.2, 0) is 0 Å². The van der Waals surface area contributed by atoms with Crippen molar-refractivity contribution >= 4 is 28.3 Å². The van der Waals surface area contributed by atoms with Gasteiger partial charge in [0.1, 0.15) is 0 Å². The van der Waals surface area contributed by atoms with E-state index in [9.17, 15) is 0 Å². The molecule has 0 heterocycles. The van der Waals surface area contributed by atoms with Crippen LogP contribution in [0.3, 0.4) is 0 Å². The van der Waals surface area contributed by atoms with E-state index in [1.807, 2.05) is 0 Å². The molecule has 0 amide bonds. The Morgan fingerprint density at radius 1 is 1.50 bits per heavy atom. The van der Waals surface area contributed by atoms with Crippen molar-refractivity contribution in [2.24, 2.45) is 16.5 Å². The first-order valence-corrected chi connectivity index (χ1v) is 3.91. The molecule has 0 aromatic rings. The molecule has 0 rings (SSSR count). The zero-order valence-corrected chi connectivity index (χ0v) is 7.48. The third-order valence-electron chi connectivity index (χ3n) is 0.826. The first-order chi connectivity index (χ1) is 5.56. The first-order valence-electron chi connectivity index (χ1n) is 3.09. The van der Waals surface area contributed by atoms with Gasteiger partial charge in [-0.1, -0.05) is 0 Å². The van der Waals surface area contributed by atoms with Gasteiger partial charge in [0.05, 0.1) is 0 Å². The van der Waals surface area contributed by atoms with Crippen LogP contribution in [0.2, 0.25) is 0 Å². The minimum atomic E-state index is -0.0982. The standard InChI is InChI=1S/C6H11N5S/c1-4(2-3-7)11-6(10)12-5(8)9/h2-3,7H,1H3,(H3,8,9)(H2,10,11)/b4-2-,7-3?. The molecule has 0 aliphatic carbocycles. The Morgan fingerprint density at radius 2 is 2.08 bits per heavy atom. The maximum Gasteiger partial charge on any atom is 0.166 e. The van der Waals surface area contributed by atoms with Crippen LogP contribution in [0.15, 0.2) is 16.8 Å². The van der Waals surface area contributed by atoms with Crippen molar-refractivity contribution in [3.63, 3.8) is 0 Å². The van der Waals surface area contributed by atoms with Gasteiger partial charge in [-0.3, -0.25) is 5.41 Å². The summed E-state index contributed by atoms with van der Waals surface area (Å²) in [7, 11) is 0. The van der Waals surface area contributed by atoms with Gasteiger partial charge in [0.25, 0.3) is 0 Å². The van der Waals surface area contributed by atoms with E-state index in [0.717, 1.165) is 18.0 Å². The lowest BCUT2D eigenvalue weighted by Crippen LogP contribution is -2.14. The number of hydrogen-bond donors (Lipinski definition) is 4. The normalized spacial score (nSPS) is 12.8. The van der Waals surface area contributed by atoms with Crippen molar-refractivity contribution < 1.29 is 0 Å². The fraction of sp³-hybridized carbons (Fsp3) is 0.167. The largest absolute Gasteiger partial charge is 0.378 e. The minimum absolute atomic E-state index is 0.0982. The molecule has 0 radical (unpaired) electrons. The summed E-state index contributed by atoms with van der Waals surface area (Å²) in [6.07, 6.45) is 2.61. The second-order valence-electron chi connectivity index (χ2n) is 1.89. The second-order valence-corrected chi connectivity index (χ2v) is 2.95. The Morgan fingerprint density at radius 3 is 2.50 bits per heavy atom. The third kappa shape index (κ3) is 5.48. The maximum atomic E-state index is 6.89. The van der Waals surface area contributed by atoms with E-state index in [2.05, 4.69) is 4.99 Å². The predicted molar refractivity (Wildman–Crippen MR) is 53.7 cm³/mol. The molecule has 0 atom stereocenters. The summed E-state index contributed by atoms with van der Waals surface area (Å²) in [6, 6.07) is 0. The molecule has 66 valence electrons. The number of nitrogens with one attached hydrogen (secondary N) is 2. The van der Waals surface area contributed by atoms with Crippen LogP contribution in [0.5, 0.6) is 0 Å². The van der Waals surface area contributed by atoms with Gasteiger partial charge in [0, 0.05) is 11.9 Å². The molecular weight excluding hydrogens is 174 g/mol. The van der Waals surface area contributed by atoms with Gasteiger partial charge in [0.2, 0.25) is 0 Å². The summed E-state index contributed by atoms with van der Waals surface area (Å²) in [4.78, 5) is 3.85. The zero-order chi connectivity index (χ0) is 9.56. The highest BCUT2D eigenvalue weighted by molar-refractivity contribution is 8.26. The number of aliphatic imine (C=N–C) groups is 1. The molecule has 0 aliphatic rings. The predicted octanol–water partition coefficient (Wildman–Crippen LogP) is 0.481. The molecule has 12 heavy (non-hydrogen) atoms. The smallest absolute Gasteiger partial charge is 0.166 e. The zero-order valence-electron chi connectivity index (χ0n) is 6.66. The molecule has 0 bridgehead atoms. The van der Waals surface area contributed by atoms with Crippen LogP contribution in [0.25, 0.3) is 0 Å². The summed E-state index contributed by atoms with van der Waals surface area (Å²) in [5, 5.41) is 13.7. The molecule has 6 heteroatoms. The summed E-state index contributed by atoms with van der Waals surface area (Å²) >= 11 is 0.882. The second kappa shape index (κ2) is 5.36. The number of hydrogen-bond acceptors (Lipinski definition) is 4. The number of allylic oxidation sites excluding steroid dienone is 2. The maximum absolute atomic E-state index is 6.89. The van der Waals surface area contributed by atoms with Crippen LogP contribution < -0.4 is 11.5 Å². The molecule has 0 spiro atoms. The van der Waals surface area contributed by atoms with Crippen molar-refractivity contribution in [1.29, 1.82) is 10.8 Å². The van der Waals surface area contributed by atoms with Crippen LogP contribution in [0.1, 0.15) is 6.92 Å². The summed E-state index contributed by atoms with van der Waals surface area (Å²) < 4.78 is 0. The van der Waals surface area contributed by atoms with E-state index >= 15 is 0 Å². The van der Waals surface area contributed by atoms with E-state index in [0.29, 0.717) is 5.70 Å². The van der Waals surface area contributed by atoms with Gasteiger partial charge in [-0.2, -0.15) is 0 Å². The van der Waals surface area contributed by atoms with Gasteiger partial charge < -0.3 is 16.9 Å². The SMILES string of the molecule is C/C(=C/C=N)N=C(N)SC(=N)N. The fourth-order valence-electron chi connectivity index (χ4n) is 0.467. The molecule has 0 aromatic heterocycles. The average molecular weight is 185 g/mol. The van der Waals surface area contributed by atoms with Gasteiger partial charge in [-0.25, -0.2) is 4.99 Å². The number of nitrogens with two attached hydrogens (primary N) is 2. The lowest BCUT2D eigenvalue weighted by Gasteiger charge is -1.96. The highest BCUT2D eigenvalue weighted by Gasteiger charge is 1.95. The van der Waals surface area contributed by atoms with Crippen molar-refractivity contribution in [2.45, 2.75) is 6.92 Å². The van der Waals surface area contributed by atoms with Crippen molar-refractivity contribution in [3.05, 3.63) is 11.8 Å². The van der Waals surface area contributed by atoms with Crippen molar-refractivity contribution in [1.82, 2.24) is 0 Å². The Hall–Kier alpha value is -1.30. The number of amidine groups is 2. The highest BCUT2D eigenvalue weighted by Crippen LogP contribution is 2.01. The lowest BCUT2D eigenvalue weighted by atomic mass is 10.5. The Balaban J connectivity index is 4.24. The van der Waals surface area contributed by atoms with Crippen LogP contribution >= 0.6 is 11.8 Å². The number of thioether (sulfide) groups is 1. The van der Waals surface area contributed by atoms with E-state index in [1.165, 1.54) is 6.08 Å². The molecule has 0 saturated heterocycles. The minimum Gasteiger partial charge on any atom is -0.378 e. The van der Waals surface area contributed by atoms with E-state index in [-0.39, 0.29) is 10.3 Å². The Bertz CT molecular complexity index is 242. The average Bonchev–Trinajstić information content (AvgIpc) is 1.84. The molecule has 0 aliphatic heterocycles. The fourth-order valence-corrected chi connectivity index (χ4v) is 0.882. The Labute approximate surface area is 74.9 Å². The summed E-state index contributed by atoms with van der Waals surface area (Å²) in [5.41, 5.74) is 11.1. The number of nitrogens with zero attached hydrogens (tertiary/aromatic N) is 1. The van der Waals surface area contributed by atoms with Crippen molar-refractivity contribution in [3.8, 4) is 0 Å². The van der Waals surface area contributed by atoms with Crippen LogP contribution in [0, 0.1) is 10.8 Å². The lowest BCUT2D eigenvalue weighted by molar-refractivity contribution is 1.31. The van der Waals surface area contributed by atoms with Gasteiger partial charge in [-0.15, -0.1) is 0 Å². The first kappa shape index (κ1) is 10.7. The van der Waals surface area contributed by atoms with E-state index in [4.69, 9.17) is 22.3 Å². The van der Waals surface area contributed by atoms with E-state index in [1.54, 1.807) is 6.92 Å². The van der Waals surface area contributed by atoms with Crippen LogP contribution in [-0.4, -0.2) is 16.5 Å². The number of rotatable bonds is 2. The molecule has 0 saturated carbocycles. The molecule has 5 nitrogen and oxygen atoms in total. The topological polar surface area (TPSA) is 112 Å². The van der Waals surface area contributed by atoms with Gasteiger partial charge in [0.15, 0.2) is 10.3 Å². The van der Waals surface area contributed by atoms with Gasteiger partial charge >= 0.3 is 0 Å². The van der Waals surface area contributed by atoms with Gasteiger partial charge in [-0.05, 0) is 24.8 Å². The summed E-state index contributed by atoms with van der Waals surface area (Å²) in [6.45, 7) is 1.71. The van der Waals surface area contributed by atoms with E-state index < -0.39 is 0 Å². The molecular formula is C6H11N5S. The van der Waals surface area contributed by atoms with Crippen molar-refractivity contribution in [2.75, 3.05) is 0 Å². The third-order valence-corrected chi connectivity index (χ3v) is 1.35. The van der Waals surface area contributed by atoms with Crippen LogP contribution in [0.4, 0.5) is 0 Å². The molecule has 0 fully saturated rings. The quantitative estimate of drug-likeness (QED) is 0.370. The monoisotopic (exact) mass is 185 g/mol. The Kier molecular flexibility index (Phi) is 4.78.